The van der Waals surface area contributed by atoms with Crippen LogP contribution in [0.3, 0.4) is 0 Å². The zero-order chi connectivity index (χ0) is 24.6. The van der Waals surface area contributed by atoms with Crippen molar-refractivity contribution in [2.75, 3.05) is 6.61 Å². The molecule has 1 radical (unpaired) electrons. The van der Waals surface area contributed by atoms with Gasteiger partial charge >= 0.3 is 5.97 Å². The Hall–Kier alpha value is -2.29. The minimum atomic E-state index is -0.332. The number of esters is 1. The second kappa shape index (κ2) is 16.4. The molecule has 0 unspecified atom stereocenters. The zero-order valence-electron chi connectivity index (χ0n) is 21.8. The van der Waals surface area contributed by atoms with Gasteiger partial charge in [-0.2, -0.15) is 0 Å². The second-order valence-electron chi connectivity index (χ2n) is 10.1. The number of hydrogen-bond donors (Lipinski definition) is 0. The van der Waals surface area contributed by atoms with Crippen LogP contribution in [0, 0.1) is 12.3 Å². The lowest BCUT2D eigenvalue weighted by atomic mass is 9.85. The fourth-order valence-electron chi connectivity index (χ4n) is 4.84. The van der Waals surface area contributed by atoms with Crippen LogP contribution in [0.15, 0.2) is 48.5 Å². The summed E-state index contributed by atoms with van der Waals surface area (Å²) in [7, 11) is 0. The first kappa shape index (κ1) is 27.3. The summed E-state index contributed by atoms with van der Waals surface area (Å²) < 4.78 is 11.4. The van der Waals surface area contributed by atoms with E-state index in [0.29, 0.717) is 11.3 Å². The maximum Gasteiger partial charge on any atom is 0.343 e. The van der Waals surface area contributed by atoms with Crippen molar-refractivity contribution in [3.05, 3.63) is 66.1 Å². The molecule has 0 aliphatic heterocycles. The molecule has 0 amide bonds. The molecule has 2 aromatic rings. The summed E-state index contributed by atoms with van der Waals surface area (Å²) in [5.41, 5.74) is 1.85. The first-order chi connectivity index (χ1) is 17.2. The average molecular weight is 478 g/mol. The monoisotopic (exact) mass is 477 g/mol. The van der Waals surface area contributed by atoms with Crippen LogP contribution in [-0.2, 0) is 6.42 Å². The summed E-state index contributed by atoms with van der Waals surface area (Å²) in [5, 5.41) is 0. The van der Waals surface area contributed by atoms with Crippen LogP contribution in [0.4, 0.5) is 0 Å². The Morgan fingerprint density at radius 2 is 1.37 bits per heavy atom. The van der Waals surface area contributed by atoms with E-state index in [1.807, 2.05) is 24.3 Å². The van der Waals surface area contributed by atoms with E-state index in [1.54, 1.807) is 12.1 Å². The normalized spacial score (nSPS) is 14.1. The van der Waals surface area contributed by atoms with Crippen molar-refractivity contribution in [2.24, 2.45) is 5.92 Å². The Kier molecular flexibility index (Phi) is 12.8. The van der Waals surface area contributed by atoms with Crippen molar-refractivity contribution in [3.63, 3.8) is 0 Å². The number of carbonyl (C=O) groups is 1. The van der Waals surface area contributed by atoms with Gasteiger partial charge in [-0.25, -0.2) is 4.79 Å². The van der Waals surface area contributed by atoms with Gasteiger partial charge in [-0.05, 0) is 86.4 Å². The van der Waals surface area contributed by atoms with Crippen molar-refractivity contribution in [1.82, 2.24) is 0 Å². The maximum absolute atomic E-state index is 12.5. The molecule has 1 fully saturated rings. The highest BCUT2D eigenvalue weighted by molar-refractivity contribution is 5.91. The molecule has 0 bridgehead atoms. The Bertz CT molecular complexity index is 819. The van der Waals surface area contributed by atoms with Crippen LogP contribution in [-0.4, -0.2) is 12.6 Å². The summed E-state index contributed by atoms with van der Waals surface area (Å²) in [6.45, 7) is 2.99. The van der Waals surface area contributed by atoms with E-state index in [-0.39, 0.29) is 5.97 Å². The van der Waals surface area contributed by atoms with E-state index in [0.717, 1.165) is 31.1 Å². The van der Waals surface area contributed by atoms with E-state index >= 15 is 0 Å². The van der Waals surface area contributed by atoms with Gasteiger partial charge in [-0.15, -0.1) is 0 Å². The van der Waals surface area contributed by atoms with Crippen LogP contribution in [0.2, 0.25) is 0 Å². The first-order valence-corrected chi connectivity index (χ1v) is 14.1. The van der Waals surface area contributed by atoms with Gasteiger partial charge in [0.15, 0.2) is 0 Å². The van der Waals surface area contributed by atoms with E-state index in [2.05, 4.69) is 25.5 Å². The van der Waals surface area contributed by atoms with Gasteiger partial charge in [0, 0.05) is 0 Å². The molecule has 1 aliphatic rings. The summed E-state index contributed by atoms with van der Waals surface area (Å²) in [6.07, 6.45) is 21.7. The predicted molar refractivity (Wildman–Crippen MR) is 145 cm³/mol. The van der Waals surface area contributed by atoms with E-state index in [1.165, 1.54) is 89.0 Å². The number of unbranched alkanes of at least 4 members (excludes halogenated alkanes) is 8. The molecule has 0 atom stereocenters. The smallest absolute Gasteiger partial charge is 0.343 e. The molecular weight excluding hydrogens is 432 g/mol. The van der Waals surface area contributed by atoms with E-state index in [4.69, 9.17) is 9.47 Å². The van der Waals surface area contributed by atoms with Crippen LogP contribution in [0.5, 0.6) is 11.5 Å². The van der Waals surface area contributed by atoms with Crippen LogP contribution >= 0.6 is 0 Å². The van der Waals surface area contributed by atoms with Crippen LogP contribution < -0.4 is 9.47 Å². The lowest BCUT2D eigenvalue weighted by Gasteiger charge is -2.21. The minimum absolute atomic E-state index is 0.332. The van der Waals surface area contributed by atoms with Crippen molar-refractivity contribution >= 4 is 5.97 Å². The van der Waals surface area contributed by atoms with Crippen LogP contribution in [0.25, 0.3) is 0 Å². The minimum Gasteiger partial charge on any atom is -0.494 e. The molecule has 191 valence electrons. The fraction of sp³-hybridized carbons (Fsp3) is 0.562. The third kappa shape index (κ3) is 10.9. The summed E-state index contributed by atoms with van der Waals surface area (Å²) in [6, 6.07) is 15.3. The summed E-state index contributed by atoms with van der Waals surface area (Å²) in [5.74, 6) is 1.93. The molecule has 3 nitrogen and oxygen atoms in total. The molecule has 1 aliphatic carbocycles. The van der Waals surface area contributed by atoms with Crippen molar-refractivity contribution in [1.29, 1.82) is 0 Å². The number of carbonyl (C=O) groups excluding carboxylic acids is 1. The third-order valence-corrected chi connectivity index (χ3v) is 7.14. The molecule has 2 aromatic carbocycles. The van der Waals surface area contributed by atoms with Gasteiger partial charge in [0.05, 0.1) is 12.2 Å². The standard InChI is InChI=1S/C32H45O3/c1-2-3-4-5-6-7-8-9-13-26-34-30-24-20-29(21-25-30)32(33)35-31-22-18-28(19-23-31)17-16-27-14-11-10-12-15-27/h10,18-25,27H,2-9,11-17,26H2,1H3. The molecular formula is C32H45O3. The quantitative estimate of drug-likeness (QED) is 0.137. The Morgan fingerprint density at radius 3 is 2.03 bits per heavy atom. The molecule has 3 heteroatoms. The summed E-state index contributed by atoms with van der Waals surface area (Å²) in [4.78, 5) is 12.5. The van der Waals surface area contributed by atoms with Gasteiger partial charge in [0.1, 0.15) is 11.5 Å². The molecule has 0 heterocycles. The van der Waals surface area contributed by atoms with Crippen molar-refractivity contribution in [3.8, 4) is 11.5 Å². The van der Waals surface area contributed by atoms with E-state index in [9.17, 15) is 4.79 Å². The first-order valence-electron chi connectivity index (χ1n) is 14.1. The largest absolute Gasteiger partial charge is 0.494 e. The van der Waals surface area contributed by atoms with Gasteiger partial charge in [0.2, 0.25) is 0 Å². The molecule has 0 saturated heterocycles. The maximum atomic E-state index is 12.5. The average Bonchev–Trinajstić information content (AvgIpc) is 2.90. The van der Waals surface area contributed by atoms with E-state index < -0.39 is 0 Å². The molecule has 1 saturated carbocycles. The molecule has 0 spiro atoms. The van der Waals surface area contributed by atoms with Gasteiger partial charge in [0.25, 0.3) is 0 Å². The molecule has 35 heavy (non-hydrogen) atoms. The number of hydrogen-bond acceptors (Lipinski definition) is 3. The topological polar surface area (TPSA) is 35.5 Å². The molecule has 0 aromatic heterocycles. The lowest BCUT2D eigenvalue weighted by molar-refractivity contribution is 0.0734. The Labute approximate surface area is 213 Å². The van der Waals surface area contributed by atoms with Gasteiger partial charge in [-0.1, -0.05) is 83.3 Å². The zero-order valence-corrected chi connectivity index (χ0v) is 21.8. The van der Waals surface area contributed by atoms with Crippen LogP contribution in [0.1, 0.15) is 113 Å². The van der Waals surface area contributed by atoms with Gasteiger partial charge < -0.3 is 9.47 Å². The predicted octanol–water partition coefficient (Wildman–Crippen LogP) is 9.14. The highest BCUT2D eigenvalue weighted by Crippen LogP contribution is 2.27. The fourth-order valence-corrected chi connectivity index (χ4v) is 4.84. The number of aryl methyl sites for hydroxylation is 1. The SMILES string of the molecule is CCCCCCCCCCCOc1ccc(C(=O)Oc2ccc(CCC3CC[CH]CC3)cc2)cc1. The highest BCUT2D eigenvalue weighted by atomic mass is 16.5. The number of rotatable bonds is 16. The number of benzene rings is 2. The lowest BCUT2D eigenvalue weighted by Crippen LogP contribution is -2.09. The van der Waals surface area contributed by atoms with Crippen molar-refractivity contribution in [2.45, 2.75) is 103 Å². The second-order valence-corrected chi connectivity index (χ2v) is 10.1. The molecule has 0 N–H and O–H groups in total. The summed E-state index contributed by atoms with van der Waals surface area (Å²) >= 11 is 0. The number of ether oxygens (including phenoxy) is 2. The Morgan fingerprint density at radius 1 is 0.771 bits per heavy atom. The van der Waals surface area contributed by atoms with Gasteiger partial charge in [-0.3, -0.25) is 0 Å². The Balaban J connectivity index is 1.30. The third-order valence-electron chi connectivity index (χ3n) is 7.14. The highest BCUT2D eigenvalue weighted by Gasteiger charge is 2.13. The molecule has 3 rings (SSSR count). The van der Waals surface area contributed by atoms with Crippen molar-refractivity contribution < 1.29 is 14.3 Å².